The number of aromatic nitrogens is 2. The van der Waals surface area contributed by atoms with Crippen LogP contribution in [-0.2, 0) is 4.79 Å². The highest BCUT2D eigenvalue weighted by Gasteiger charge is 2.15. The van der Waals surface area contributed by atoms with E-state index in [-0.39, 0.29) is 16.7 Å². The number of thioether (sulfide) groups is 1. The average molecular weight is 241 g/mol. The van der Waals surface area contributed by atoms with Gasteiger partial charge < -0.3 is 10.3 Å². The van der Waals surface area contributed by atoms with Crippen molar-refractivity contribution < 1.29 is 4.79 Å². The number of carbonyl (C=O) groups excluding carboxylic acids is 1. The molecule has 4 nitrogen and oxygen atoms in total. The molecular weight excluding hydrogens is 222 g/mol. The van der Waals surface area contributed by atoms with Gasteiger partial charge in [0.15, 0.2) is 0 Å². The summed E-state index contributed by atoms with van der Waals surface area (Å²) in [5.74, 6) is 1.31. The second kappa shape index (κ2) is 5.39. The fraction of sp³-hybridized carbons (Fsp3) is 0.636. The highest BCUT2D eigenvalue weighted by Crippen LogP contribution is 2.22. The fourth-order valence-electron chi connectivity index (χ4n) is 1.15. The number of amides is 1. The Morgan fingerprint density at radius 2 is 2.31 bits per heavy atom. The quantitative estimate of drug-likeness (QED) is 0.849. The molecule has 0 saturated heterocycles. The fourth-order valence-corrected chi connectivity index (χ4v) is 1.80. The van der Waals surface area contributed by atoms with E-state index in [1.807, 2.05) is 6.92 Å². The van der Waals surface area contributed by atoms with Gasteiger partial charge in [0.05, 0.1) is 11.8 Å². The number of H-pyrrole nitrogens is 1. The van der Waals surface area contributed by atoms with E-state index < -0.39 is 0 Å². The third kappa shape index (κ3) is 4.70. The van der Waals surface area contributed by atoms with Crippen molar-refractivity contribution in [3.05, 3.63) is 18.2 Å². The molecule has 0 bridgehead atoms. The molecule has 1 rings (SSSR count). The van der Waals surface area contributed by atoms with Gasteiger partial charge in [0.25, 0.3) is 0 Å². The van der Waals surface area contributed by atoms with Gasteiger partial charge in [0, 0.05) is 17.1 Å². The van der Waals surface area contributed by atoms with Gasteiger partial charge in [-0.05, 0) is 6.92 Å². The van der Waals surface area contributed by atoms with Gasteiger partial charge in [-0.3, -0.25) is 4.79 Å². The topological polar surface area (TPSA) is 57.8 Å². The molecule has 0 aliphatic carbocycles. The molecule has 0 aliphatic rings. The lowest BCUT2D eigenvalue weighted by Crippen LogP contribution is -2.30. The van der Waals surface area contributed by atoms with E-state index in [9.17, 15) is 4.79 Å². The van der Waals surface area contributed by atoms with Crippen molar-refractivity contribution in [1.82, 2.24) is 15.3 Å². The Labute approximate surface area is 101 Å². The Hall–Kier alpha value is -0.970. The number of hydrogen-bond donors (Lipinski definition) is 2. The summed E-state index contributed by atoms with van der Waals surface area (Å²) in [6.07, 6.45) is 3.43. The van der Waals surface area contributed by atoms with Crippen molar-refractivity contribution in [3.63, 3.8) is 0 Å². The third-order valence-corrected chi connectivity index (χ3v) is 3.22. The van der Waals surface area contributed by atoms with Crippen molar-refractivity contribution in [2.24, 2.45) is 0 Å². The molecule has 2 N–H and O–H groups in total. The highest BCUT2D eigenvalue weighted by molar-refractivity contribution is 8.01. The van der Waals surface area contributed by atoms with Crippen LogP contribution in [0.15, 0.2) is 12.4 Å². The molecule has 0 aliphatic heterocycles. The Kier molecular flexibility index (Phi) is 4.41. The van der Waals surface area contributed by atoms with E-state index in [0.717, 1.165) is 5.82 Å². The summed E-state index contributed by atoms with van der Waals surface area (Å²) >= 11 is 1.64. The van der Waals surface area contributed by atoms with Gasteiger partial charge in [-0.1, -0.05) is 20.8 Å². The van der Waals surface area contributed by atoms with Crippen molar-refractivity contribution in [1.29, 1.82) is 0 Å². The zero-order valence-electron chi connectivity index (χ0n) is 10.2. The first-order valence-corrected chi connectivity index (χ1v) is 6.29. The van der Waals surface area contributed by atoms with E-state index in [0.29, 0.717) is 5.75 Å². The number of nitrogens with zero attached hydrogens (tertiary/aromatic N) is 1. The van der Waals surface area contributed by atoms with Crippen LogP contribution in [-0.4, -0.2) is 26.4 Å². The maximum absolute atomic E-state index is 11.6. The molecule has 1 atom stereocenters. The number of imidazole rings is 1. The van der Waals surface area contributed by atoms with Crippen LogP contribution in [0.25, 0.3) is 0 Å². The predicted molar refractivity (Wildman–Crippen MR) is 67.4 cm³/mol. The Morgan fingerprint density at radius 1 is 1.62 bits per heavy atom. The van der Waals surface area contributed by atoms with Crippen molar-refractivity contribution in [2.45, 2.75) is 38.5 Å². The number of hydrogen-bond acceptors (Lipinski definition) is 3. The van der Waals surface area contributed by atoms with E-state index in [2.05, 4.69) is 36.1 Å². The second-order valence-corrected chi connectivity index (χ2v) is 6.47. The molecular formula is C11H19N3OS. The number of aromatic amines is 1. The van der Waals surface area contributed by atoms with Crippen LogP contribution in [0.1, 0.15) is 39.6 Å². The molecule has 5 heteroatoms. The molecule has 90 valence electrons. The summed E-state index contributed by atoms with van der Waals surface area (Å²) in [6.45, 7) is 8.21. The molecule has 1 unspecified atom stereocenters. The zero-order valence-corrected chi connectivity index (χ0v) is 11.0. The maximum Gasteiger partial charge on any atom is 0.230 e. The third-order valence-electron chi connectivity index (χ3n) is 1.94. The van der Waals surface area contributed by atoms with Crippen LogP contribution in [0.3, 0.4) is 0 Å². The molecule has 0 saturated carbocycles. The summed E-state index contributed by atoms with van der Waals surface area (Å²) in [5.41, 5.74) is 0. The number of rotatable bonds is 4. The maximum atomic E-state index is 11.6. The van der Waals surface area contributed by atoms with Gasteiger partial charge in [0.1, 0.15) is 5.82 Å². The lowest BCUT2D eigenvalue weighted by molar-refractivity contribution is -0.119. The summed E-state index contributed by atoms with van der Waals surface area (Å²) < 4.78 is 0.116. The molecule has 0 aromatic carbocycles. The predicted octanol–water partition coefficient (Wildman–Crippen LogP) is 2.12. The standard InChI is InChI=1S/C11H19N3OS/c1-8(10-12-5-6-13-10)14-9(15)7-16-11(2,3)4/h5-6,8H,7H2,1-4H3,(H,12,13)(H,14,15). The first-order valence-electron chi connectivity index (χ1n) is 5.31. The van der Waals surface area contributed by atoms with E-state index in [1.165, 1.54) is 0 Å². The van der Waals surface area contributed by atoms with Crippen molar-refractivity contribution in [2.75, 3.05) is 5.75 Å². The van der Waals surface area contributed by atoms with Crippen LogP contribution >= 0.6 is 11.8 Å². The number of carbonyl (C=O) groups is 1. The summed E-state index contributed by atoms with van der Waals surface area (Å²) in [7, 11) is 0. The van der Waals surface area contributed by atoms with Crippen LogP contribution in [0, 0.1) is 0 Å². The minimum atomic E-state index is -0.0666. The molecule has 1 aromatic heterocycles. The Balaban J connectivity index is 2.35. The van der Waals surface area contributed by atoms with E-state index in [1.54, 1.807) is 24.2 Å². The molecule has 1 aromatic rings. The van der Waals surface area contributed by atoms with Crippen molar-refractivity contribution in [3.8, 4) is 0 Å². The monoisotopic (exact) mass is 241 g/mol. The minimum Gasteiger partial charge on any atom is -0.347 e. The minimum absolute atomic E-state index is 0.0452. The van der Waals surface area contributed by atoms with Gasteiger partial charge in [-0.25, -0.2) is 4.98 Å². The molecule has 0 spiro atoms. The SMILES string of the molecule is CC(NC(=O)CSC(C)(C)C)c1ncc[nH]1. The lowest BCUT2D eigenvalue weighted by atomic mass is 10.3. The highest BCUT2D eigenvalue weighted by atomic mass is 32.2. The van der Waals surface area contributed by atoms with Gasteiger partial charge >= 0.3 is 0 Å². The van der Waals surface area contributed by atoms with Crippen LogP contribution in [0.5, 0.6) is 0 Å². The first kappa shape index (κ1) is 13.1. The normalized spacial score (nSPS) is 13.5. The van der Waals surface area contributed by atoms with Gasteiger partial charge in [-0.2, -0.15) is 0 Å². The number of nitrogens with one attached hydrogen (secondary N) is 2. The van der Waals surface area contributed by atoms with Crippen LogP contribution < -0.4 is 5.32 Å². The van der Waals surface area contributed by atoms with E-state index >= 15 is 0 Å². The smallest absolute Gasteiger partial charge is 0.230 e. The molecule has 0 radical (unpaired) electrons. The first-order chi connectivity index (χ1) is 7.38. The lowest BCUT2D eigenvalue weighted by Gasteiger charge is -2.18. The summed E-state index contributed by atoms with van der Waals surface area (Å²) in [6, 6.07) is -0.0666. The van der Waals surface area contributed by atoms with Crippen LogP contribution in [0.2, 0.25) is 0 Å². The Morgan fingerprint density at radius 3 is 2.81 bits per heavy atom. The van der Waals surface area contributed by atoms with Gasteiger partial charge in [-0.15, -0.1) is 11.8 Å². The van der Waals surface area contributed by atoms with Gasteiger partial charge in [0.2, 0.25) is 5.91 Å². The van der Waals surface area contributed by atoms with Crippen LogP contribution in [0.4, 0.5) is 0 Å². The Bertz CT molecular complexity index is 329. The summed E-state index contributed by atoms with van der Waals surface area (Å²) in [4.78, 5) is 18.7. The summed E-state index contributed by atoms with van der Waals surface area (Å²) in [5, 5.41) is 2.90. The average Bonchev–Trinajstić information content (AvgIpc) is 2.66. The molecule has 16 heavy (non-hydrogen) atoms. The molecule has 0 fully saturated rings. The second-order valence-electron chi connectivity index (χ2n) is 4.66. The van der Waals surface area contributed by atoms with E-state index in [4.69, 9.17) is 0 Å². The molecule has 1 heterocycles. The zero-order chi connectivity index (χ0) is 12.2. The van der Waals surface area contributed by atoms with Crippen molar-refractivity contribution >= 4 is 17.7 Å². The molecule has 1 amide bonds. The largest absolute Gasteiger partial charge is 0.347 e.